The molecule has 0 unspecified atom stereocenters. The molecule has 0 aliphatic carbocycles. The second-order valence-electron chi connectivity index (χ2n) is 8.19. The number of halogens is 1. The second kappa shape index (κ2) is 5.51. The van der Waals surface area contributed by atoms with Crippen LogP contribution in [0.4, 0.5) is 0 Å². The Morgan fingerprint density at radius 2 is 1.52 bits per heavy atom. The quantitative estimate of drug-likeness (QED) is 0.399. The lowest BCUT2D eigenvalue weighted by Gasteiger charge is -2.32. The molecule has 0 atom stereocenters. The molecule has 2 heterocycles. The van der Waals surface area contributed by atoms with Crippen LogP contribution < -0.4 is 5.46 Å². The molecule has 0 spiro atoms. The van der Waals surface area contributed by atoms with Gasteiger partial charge in [0.25, 0.3) is 0 Å². The maximum atomic E-state index is 6.64. The number of furan rings is 1. The lowest BCUT2D eigenvalue weighted by atomic mass is 9.76. The summed E-state index contributed by atoms with van der Waals surface area (Å²) in [6, 6.07) is 16.2. The van der Waals surface area contributed by atoms with Crippen LogP contribution in [-0.4, -0.2) is 18.3 Å². The third-order valence-electron chi connectivity index (χ3n) is 6.00. The maximum Gasteiger partial charge on any atom is 0.497 e. The molecule has 0 bridgehead atoms. The zero-order valence-corrected chi connectivity index (χ0v) is 16.6. The van der Waals surface area contributed by atoms with E-state index in [2.05, 4.69) is 24.3 Å². The van der Waals surface area contributed by atoms with E-state index < -0.39 is 18.3 Å². The van der Waals surface area contributed by atoms with Gasteiger partial charge in [0.15, 0.2) is 0 Å². The van der Waals surface area contributed by atoms with Gasteiger partial charge in [-0.1, -0.05) is 41.9 Å². The molecule has 27 heavy (non-hydrogen) atoms. The number of fused-ring (bicyclic) bond motifs is 5. The highest BCUT2D eigenvalue weighted by Gasteiger charge is 2.52. The van der Waals surface area contributed by atoms with E-state index in [0.717, 1.165) is 38.2 Å². The number of rotatable bonds is 1. The van der Waals surface area contributed by atoms with Gasteiger partial charge in [-0.25, -0.2) is 0 Å². The van der Waals surface area contributed by atoms with Gasteiger partial charge in [0.05, 0.1) is 11.2 Å². The molecule has 1 aromatic heterocycles. The first-order valence-electron chi connectivity index (χ1n) is 9.16. The predicted molar refractivity (Wildman–Crippen MR) is 112 cm³/mol. The summed E-state index contributed by atoms with van der Waals surface area (Å²) in [7, 11) is -0.543. The molecule has 4 aromatic rings. The van der Waals surface area contributed by atoms with Crippen LogP contribution in [0.15, 0.2) is 52.9 Å². The van der Waals surface area contributed by atoms with Gasteiger partial charge in [-0.2, -0.15) is 0 Å². The van der Waals surface area contributed by atoms with Crippen LogP contribution in [0.1, 0.15) is 27.7 Å². The summed E-state index contributed by atoms with van der Waals surface area (Å²) >= 11 is 6.64. The molecule has 1 aliphatic rings. The third-order valence-corrected chi connectivity index (χ3v) is 6.33. The monoisotopic (exact) mass is 378 g/mol. The summed E-state index contributed by atoms with van der Waals surface area (Å²) in [5.74, 6) is 0. The summed E-state index contributed by atoms with van der Waals surface area (Å²) in [5, 5.41) is 4.84. The Balaban J connectivity index is 1.83. The fourth-order valence-electron chi connectivity index (χ4n) is 3.79. The largest absolute Gasteiger partial charge is 0.497 e. The van der Waals surface area contributed by atoms with Crippen LogP contribution in [0.25, 0.3) is 32.7 Å². The number of benzene rings is 3. The van der Waals surface area contributed by atoms with Crippen molar-refractivity contribution in [1.29, 1.82) is 0 Å². The van der Waals surface area contributed by atoms with Crippen molar-refractivity contribution in [3.05, 3.63) is 53.6 Å². The Hall–Kier alpha value is -2.01. The average Bonchev–Trinajstić information content (AvgIpc) is 3.09. The van der Waals surface area contributed by atoms with Gasteiger partial charge in [-0.3, -0.25) is 0 Å². The molecule has 5 heteroatoms. The molecule has 3 nitrogen and oxygen atoms in total. The summed E-state index contributed by atoms with van der Waals surface area (Å²) in [4.78, 5) is 0. The molecule has 1 fully saturated rings. The minimum Gasteiger partial charge on any atom is -0.455 e. The highest BCUT2D eigenvalue weighted by atomic mass is 35.5. The molecule has 0 amide bonds. The van der Waals surface area contributed by atoms with Crippen molar-refractivity contribution in [2.24, 2.45) is 0 Å². The molecular formula is C22H20BClO3. The lowest BCUT2D eigenvalue weighted by molar-refractivity contribution is 0.00578. The Morgan fingerprint density at radius 1 is 0.815 bits per heavy atom. The summed E-state index contributed by atoms with van der Waals surface area (Å²) in [5.41, 5.74) is 1.62. The van der Waals surface area contributed by atoms with Crippen LogP contribution in [-0.2, 0) is 9.31 Å². The van der Waals surface area contributed by atoms with E-state index in [0.29, 0.717) is 5.02 Å². The first-order valence-corrected chi connectivity index (χ1v) is 9.54. The molecule has 136 valence electrons. The van der Waals surface area contributed by atoms with Gasteiger partial charge in [0, 0.05) is 26.6 Å². The minimum absolute atomic E-state index is 0.435. The summed E-state index contributed by atoms with van der Waals surface area (Å²) in [6.45, 7) is 8.17. The van der Waals surface area contributed by atoms with Gasteiger partial charge < -0.3 is 13.7 Å². The van der Waals surface area contributed by atoms with Crippen LogP contribution in [0.3, 0.4) is 0 Å². The Bertz CT molecular complexity index is 1190. The zero-order chi connectivity index (χ0) is 19.0. The summed E-state index contributed by atoms with van der Waals surface area (Å²) in [6.07, 6.45) is 0. The fourth-order valence-corrected chi connectivity index (χ4v) is 4.03. The van der Waals surface area contributed by atoms with Crippen LogP contribution in [0, 0.1) is 0 Å². The topological polar surface area (TPSA) is 31.6 Å². The van der Waals surface area contributed by atoms with E-state index in [4.69, 9.17) is 25.3 Å². The predicted octanol–water partition coefficient (Wildman–Crippen LogP) is 5.69. The van der Waals surface area contributed by atoms with Crippen LogP contribution in [0.2, 0.25) is 5.02 Å². The Morgan fingerprint density at radius 3 is 2.26 bits per heavy atom. The van der Waals surface area contributed by atoms with E-state index in [1.54, 1.807) is 0 Å². The van der Waals surface area contributed by atoms with E-state index >= 15 is 0 Å². The van der Waals surface area contributed by atoms with E-state index in [-0.39, 0.29) is 0 Å². The smallest absolute Gasteiger partial charge is 0.455 e. The molecule has 3 aromatic carbocycles. The van der Waals surface area contributed by atoms with Crippen molar-refractivity contribution in [3.8, 4) is 0 Å². The van der Waals surface area contributed by atoms with Gasteiger partial charge >= 0.3 is 7.12 Å². The second-order valence-corrected chi connectivity index (χ2v) is 8.60. The van der Waals surface area contributed by atoms with Crippen molar-refractivity contribution < 1.29 is 13.7 Å². The number of hydrogen-bond donors (Lipinski definition) is 0. The standard InChI is InChI=1S/C22H20BClO3/c1-21(2)22(3,4)27-23(26-21)19-16(24)11-12-17-18(19)15-10-9-13-7-5-6-8-14(13)20(15)25-17/h5-12H,1-4H3. The summed E-state index contributed by atoms with van der Waals surface area (Å²) < 4.78 is 18.8. The fraction of sp³-hybridized carbons (Fsp3) is 0.273. The van der Waals surface area contributed by atoms with Crippen LogP contribution in [0.5, 0.6) is 0 Å². The maximum absolute atomic E-state index is 6.64. The van der Waals surface area contributed by atoms with Gasteiger partial charge in [-0.05, 0) is 51.3 Å². The zero-order valence-electron chi connectivity index (χ0n) is 15.8. The van der Waals surface area contributed by atoms with Crippen molar-refractivity contribution in [1.82, 2.24) is 0 Å². The normalized spacial score (nSPS) is 18.8. The highest BCUT2D eigenvalue weighted by Crippen LogP contribution is 2.40. The highest BCUT2D eigenvalue weighted by molar-refractivity contribution is 6.69. The minimum atomic E-state index is -0.543. The number of hydrogen-bond acceptors (Lipinski definition) is 3. The van der Waals surface area contributed by atoms with Crippen molar-refractivity contribution in [2.45, 2.75) is 38.9 Å². The first kappa shape index (κ1) is 17.1. The first-order chi connectivity index (χ1) is 12.8. The molecule has 1 saturated heterocycles. The van der Waals surface area contributed by atoms with Crippen LogP contribution >= 0.6 is 11.6 Å². The molecule has 0 radical (unpaired) electrons. The van der Waals surface area contributed by atoms with E-state index in [1.165, 1.54) is 0 Å². The van der Waals surface area contributed by atoms with Gasteiger partial charge in [-0.15, -0.1) is 0 Å². The van der Waals surface area contributed by atoms with E-state index in [1.807, 2.05) is 52.0 Å². The Kier molecular flexibility index (Phi) is 3.49. The molecule has 1 aliphatic heterocycles. The molecule has 0 N–H and O–H groups in total. The average molecular weight is 379 g/mol. The Labute approximate surface area is 163 Å². The van der Waals surface area contributed by atoms with Gasteiger partial charge in [0.1, 0.15) is 11.2 Å². The van der Waals surface area contributed by atoms with E-state index in [9.17, 15) is 0 Å². The van der Waals surface area contributed by atoms with Crippen molar-refractivity contribution in [3.63, 3.8) is 0 Å². The molecule has 5 rings (SSSR count). The third kappa shape index (κ3) is 2.37. The molecule has 0 saturated carbocycles. The van der Waals surface area contributed by atoms with Crippen molar-refractivity contribution in [2.75, 3.05) is 0 Å². The molecular weight excluding hydrogens is 359 g/mol. The lowest BCUT2D eigenvalue weighted by Crippen LogP contribution is -2.41. The van der Waals surface area contributed by atoms with Crippen molar-refractivity contribution >= 4 is 56.9 Å². The van der Waals surface area contributed by atoms with Gasteiger partial charge in [0.2, 0.25) is 0 Å². The SMILES string of the molecule is CC1(C)OB(c2c(Cl)ccc3oc4c5ccccc5ccc4c23)OC1(C)C.